The molecule has 2 atom stereocenters. The van der Waals surface area contributed by atoms with Crippen LogP contribution in [-0.2, 0) is 19.1 Å². The van der Waals surface area contributed by atoms with Crippen LogP contribution < -0.4 is 14.8 Å². The first-order valence-electron chi connectivity index (χ1n) is 12.5. The monoisotopic (exact) mass is 541 g/mol. The number of halogens is 1. The molecule has 0 fully saturated rings. The number of carbonyl (C=O) groups excluding carboxylic acids is 2. The van der Waals surface area contributed by atoms with Crippen molar-refractivity contribution in [2.45, 2.75) is 38.5 Å². The number of hydrogen-bond donors (Lipinski definition) is 2. The number of phenols is 1. The zero-order chi connectivity index (χ0) is 27.4. The minimum absolute atomic E-state index is 0.0363. The smallest absolute Gasteiger partial charge is 0.336 e. The van der Waals surface area contributed by atoms with Crippen molar-refractivity contribution in [2.75, 3.05) is 34.0 Å². The molecule has 1 aliphatic carbocycles. The Morgan fingerprint density at radius 3 is 2.47 bits per heavy atom. The maximum absolute atomic E-state index is 13.8. The van der Waals surface area contributed by atoms with E-state index in [0.29, 0.717) is 35.4 Å². The van der Waals surface area contributed by atoms with Crippen molar-refractivity contribution >= 4 is 23.4 Å². The molecule has 2 aliphatic rings. The summed E-state index contributed by atoms with van der Waals surface area (Å²) in [6, 6.07) is 10.9. The molecule has 8 nitrogen and oxygen atoms in total. The lowest BCUT2D eigenvalue weighted by Gasteiger charge is -2.37. The molecular weight excluding hydrogens is 510 g/mol. The Morgan fingerprint density at radius 1 is 1.08 bits per heavy atom. The Balaban J connectivity index is 1.76. The molecule has 0 radical (unpaired) electrons. The molecule has 0 saturated heterocycles. The van der Waals surface area contributed by atoms with Gasteiger partial charge in [0.15, 0.2) is 17.3 Å². The predicted octanol–water partition coefficient (Wildman–Crippen LogP) is 5.00. The fourth-order valence-electron chi connectivity index (χ4n) is 5.09. The number of esters is 1. The lowest BCUT2D eigenvalue weighted by atomic mass is 9.71. The van der Waals surface area contributed by atoms with E-state index >= 15 is 0 Å². The van der Waals surface area contributed by atoms with Crippen LogP contribution in [0.2, 0.25) is 5.02 Å². The molecule has 1 aliphatic heterocycles. The Morgan fingerprint density at radius 2 is 1.82 bits per heavy atom. The van der Waals surface area contributed by atoms with E-state index < -0.39 is 11.9 Å². The molecule has 0 saturated carbocycles. The predicted molar refractivity (Wildman–Crippen MR) is 143 cm³/mol. The van der Waals surface area contributed by atoms with Crippen LogP contribution in [0.25, 0.3) is 0 Å². The van der Waals surface area contributed by atoms with E-state index in [-0.39, 0.29) is 47.9 Å². The van der Waals surface area contributed by atoms with Crippen LogP contribution in [0.5, 0.6) is 17.2 Å². The number of ketones is 1. The summed E-state index contributed by atoms with van der Waals surface area (Å²) in [6.45, 7) is 4.50. The van der Waals surface area contributed by atoms with Gasteiger partial charge in [-0.3, -0.25) is 4.79 Å². The van der Waals surface area contributed by atoms with Gasteiger partial charge in [-0.25, -0.2) is 4.79 Å². The molecule has 9 heteroatoms. The van der Waals surface area contributed by atoms with Gasteiger partial charge in [-0.2, -0.15) is 0 Å². The molecular formula is C29H32ClNO7. The van der Waals surface area contributed by atoms with Gasteiger partial charge in [-0.15, -0.1) is 0 Å². The zero-order valence-electron chi connectivity index (χ0n) is 21.9. The molecule has 38 heavy (non-hydrogen) atoms. The number of allylic oxidation sites excluding steroid dienone is 3. The van der Waals surface area contributed by atoms with Crippen molar-refractivity contribution in [3.8, 4) is 17.2 Å². The summed E-state index contributed by atoms with van der Waals surface area (Å²) in [5.41, 5.74) is 3.70. The number of Topliss-reactive ketones (excluding diaryl/α,β-unsaturated/α-hetero) is 1. The third-order valence-electron chi connectivity index (χ3n) is 6.90. The molecule has 0 unspecified atom stereocenters. The molecule has 0 bridgehead atoms. The first-order chi connectivity index (χ1) is 18.3. The van der Waals surface area contributed by atoms with Gasteiger partial charge in [0.05, 0.1) is 31.4 Å². The molecule has 0 aromatic heterocycles. The SMILES string of the molecule is CCOCCOC(=O)C1=C(C)NC2=C(C(=O)C[C@@H](c3ccc(OC)cc3)C2)[C@@H]1c1cc(Cl)c(O)c(OC)c1. The molecule has 202 valence electrons. The number of ether oxygens (including phenoxy) is 4. The largest absolute Gasteiger partial charge is 0.503 e. The zero-order valence-corrected chi connectivity index (χ0v) is 22.7. The number of methoxy groups -OCH3 is 2. The summed E-state index contributed by atoms with van der Waals surface area (Å²) in [4.78, 5) is 27.1. The van der Waals surface area contributed by atoms with Crippen molar-refractivity contribution < 1.29 is 33.6 Å². The number of carbonyl (C=O) groups is 2. The Kier molecular flexibility index (Phi) is 8.64. The van der Waals surface area contributed by atoms with Crippen molar-refractivity contribution in [1.29, 1.82) is 0 Å². The lowest BCUT2D eigenvalue weighted by Crippen LogP contribution is -2.36. The van der Waals surface area contributed by atoms with Gasteiger partial charge in [0.25, 0.3) is 0 Å². The molecule has 2 N–H and O–H groups in total. The second-order valence-electron chi connectivity index (χ2n) is 9.18. The van der Waals surface area contributed by atoms with Crippen LogP contribution in [0.3, 0.4) is 0 Å². The summed E-state index contributed by atoms with van der Waals surface area (Å²) in [7, 11) is 3.03. The summed E-state index contributed by atoms with van der Waals surface area (Å²) < 4.78 is 21.4. The summed E-state index contributed by atoms with van der Waals surface area (Å²) in [5, 5.41) is 13.7. The van der Waals surface area contributed by atoms with Gasteiger partial charge in [-0.1, -0.05) is 23.7 Å². The number of rotatable bonds is 9. The quantitative estimate of drug-likeness (QED) is 0.337. The lowest BCUT2D eigenvalue weighted by molar-refractivity contribution is -0.140. The van der Waals surface area contributed by atoms with Crippen molar-refractivity contribution in [2.24, 2.45) is 0 Å². The standard InChI is InChI=1S/C29H32ClNO7/c1-5-37-10-11-38-29(34)25-16(2)31-22-13-18(17-6-8-20(35-3)9-7-17)14-23(32)27(22)26(25)19-12-21(30)28(33)24(15-19)36-4/h6-9,12,15,18,26,31,33H,5,10-11,13-14H2,1-4H3/t18-,26+/m0/s1. The van der Waals surface area contributed by atoms with Gasteiger partial charge in [0, 0.05) is 35.9 Å². The fourth-order valence-corrected chi connectivity index (χ4v) is 5.31. The summed E-state index contributed by atoms with van der Waals surface area (Å²) in [6.07, 6.45) is 0.856. The number of phenolic OH excluding ortho intramolecular Hbond substituents is 1. The van der Waals surface area contributed by atoms with E-state index in [9.17, 15) is 14.7 Å². The van der Waals surface area contributed by atoms with Gasteiger partial charge in [0.1, 0.15) is 12.4 Å². The third kappa shape index (κ3) is 5.51. The maximum atomic E-state index is 13.8. The minimum atomic E-state index is -0.748. The fraction of sp³-hybridized carbons (Fsp3) is 0.379. The Labute approximate surface area is 227 Å². The van der Waals surface area contributed by atoms with E-state index in [1.165, 1.54) is 7.11 Å². The van der Waals surface area contributed by atoms with E-state index in [1.807, 2.05) is 31.2 Å². The third-order valence-corrected chi connectivity index (χ3v) is 7.19. The average Bonchev–Trinajstić information content (AvgIpc) is 2.91. The van der Waals surface area contributed by atoms with Gasteiger partial charge >= 0.3 is 5.97 Å². The highest BCUT2D eigenvalue weighted by Crippen LogP contribution is 2.48. The minimum Gasteiger partial charge on any atom is -0.503 e. The van der Waals surface area contributed by atoms with Crippen molar-refractivity contribution in [3.63, 3.8) is 0 Å². The second kappa shape index (κ2) is 11.9. The highest BCUT2D eigenvalue weighted by Gasteiger charge is 2.42. The number of dihydropyridines is 1. The highest BCUT2D eigenvalue weighted by atomic mass is 35.5. The molecule has 4 rings (SSSR count). The van der Waals surface area contributed by atoms with Crippen molar-refractivity contribution in [1.82, 2.24) is 5.32 Å². The van der Waals surface area contributed by atoms with Crippen LogP contribution in [0.4, 0.5) is 0 Å². The maximum Gasteiger partial charge on any atom is 0.336 e. The first-order valence-corrected chi connectivity index (χ1v) is 12.9. The van der Waals surface area contributed by atoms with Crippen LogP contribution in [-0.4, -0.2) is 50.9 Å². The summed E-state index contributed by atoms with van der Waals surface area (Å²) >= 11 is 6.33. The second-order valence-corrected chi connectivity index (χ2v) is 9.58. The number of aromatic hydroxyl groups is 1. The first kappa shape index (κ1) is 27.5. The van der Waals surface area contributed by atoms with E-state index in [2.05, 4.69) is 5.32 Å². The highest BCUT2D eigenvalue weighted by molar-refractivity contribution is 6.32. The topological polar surface area (TPSA) is 103 Å². The van der Waals surface area contributed by atoms with Crippen LogP contribution in [0.1, 0.15) is 49.7 Å². The van der Waals surface area contributed by atoms with E-state index in [0.717, 1.165) is 17.0 Å². The van der Waals surface area contributed by atoms with Gasteiger partial charge < -0.3 is 29.4 Å². The number of hydrogen-bond acceptors (Lipinski definition) is 8. The Hall–Kier alpha value is -3.49. The van der Waals surface area contributed by atoms with Gasteiger partial charge in [0.2, 0.25) is 0 Å². The van der Waals surface area contributed by atoms with E-state index in [4.69, 9.17) is 30.5 Å². The van der Waals surface area contributed by atoms with Crippen LogP contribution >= 0.6 is 11.6 Å². The number of benzene rings is 2. The molecule has 0 amide bonds. The molecule has 2 aromatic rings. The van der Waals surface area contributed by atoms with Crippen LogP contribution in [0, 0.1) is 0 Å². The molecule has 0 spiro atoms. The van der Waals surface area contributed by atoms with Crippen molar-refractivity contribution in [3.05, 3.63) is 75.1 Å². The Bertz CT molecular complexity index is 1280. The summed E-state index contributed by atoms with van der Waals surface area (Å²) in [5.74, 6) is -0.741. The van der Waals surface area contributed by atoms with Gasteiger partial charge in [-0.05, 0) is 61.6 Å². The number of nitrogens with one attached hydrogen (secondary N) is 1. The average molecular weight is 542 g/mol. The molecule has 2 aromatic carbocycles. The molecule has 1 heterocycles. The van der Waals surface area contributed by atoms with E-state index in [1.54, 1.807) is 26.2 Å². The normalized spacial score (nSPS) is 19.1. The van der Waals surface area contributed by atoms with Crippen LogP contribution in [0.15, 0.2) is 58.9 Å².